The number of rotatable bonds is 6. The van der Waals surface area contributed by atoms with E-state index in [1.54, 1.807) is 24.3 Å². The van der Waals surface area contributed by atoms with Gasteiger partial charge in [0.05, 0.1) is 32.1 Å². The first kappa shape index (κ1) is 21.5. The molecular formula is C21H25FN4O4. The smallest absolute Gasteiger partial charge is 0.313 e. The van der Waals surface area contributed by atoms with E-state index in [4.69, 9.17) is 15.2 Å². The van der Waals surface area contributed by atoms with Crippen LogP contribution in [0.4, 0.5) is 15.8 Å². The summed E-state index contributed by atoms with van der Waals surface area (Å²) in [6.45, 7) is 2.70. The van der Waals surface area contributed by atoms with Crippen LogP contribution in [0.3, 0.4) is 0 Å². The van der Waals surface area contributed by atoms with Gasteiger partial charge in [-0.3, -0.25) is 14.5 Å². The normalized spacial score (nSPS) is 15.3. The van der Waals surface area contributed by atoms with E-state index in [9.17, 15) is 14.0 Å². The van der Waals surface area contributed by atoms with Gasteiger partial charge in [0.1, 0.15) is 11.6 Å². The van der Waals surface area contributed by atoms with Crippen molar-refractivity contribution in [2.24, 2.45) is 0 Å². The molecule has 0 saturated carbocycles. The van der Waals surface area contributed by atoms with Crippen molar-refractivity contribution >= 4 is 23.2 Å². The van der Waals surface area contributed by atoms with Crippen LogP contribution in [0.5, 0.6) is 5.75 Å². The van der Waals surface area contributed by atoms with Crippen LogP contribution in [-0.4, -0.2) is 56.7 Å². The van der Waals surface area contributed by atoms with Crippen molar-refractivity contribution in [2.75, 3.05) is 51.0 Å². The summed E-state index contributed by atoms with van der Waals surface area (Å²) in [5.74, 6) is -1.51. The molecule has 0 aliphatic carbocycles. The lowest BCUT2D eigenvalue weighted by atomic mass is 10.0. The molecule has 1 aliphatic heterocycles. The number of anilines is 2. The van der Waals surface area contributed by atoms with Crippen LogP contribution in [0.25, 0.3) is 0 Å². The Hall–Kier alpha value is -3.17. The lowest BCUT2D eigenvalue weighted by Gasteiger charge is -2.34. The SMILES string of the molecule is COc1cc(NC(=O)C(=O)NCC(c2ccc(F)cc2)N2CCOCC2)ccc1N. The Morgan fingerprint density at radius 2 is 1.87 bits per heavy atom. The molecule has 1 fully saturated rings. The van der Waals surface area contributed by atoms with Gasteiger partial charge in [-0.1, -0.05) is 12.1 Å². The fourth-order valence-corrected chi connectivity index (χ4v) is 3.28. The summed E-state index contributed by atoms with van der Waals surface area (Å²) in [5, 5.41) is 5.19. The minimum absolute atomic E-state index is 0.197. The first-order valence-corrected chi connectivity index (χ1v) is 9.58. The summed E-state index contributed by atoms with van der Waals surface area (Å²) in [7, 11) is 1.46. The number of amides is 2. The summed E-state index contributed by atoms with van der Waals surface area (Å²) in [6.07, 6.45) is 0. The Kier molecular flexibility index (Phi) is 7.21. The lowest BCUT2D eigenvalue weighted by Crippen LogP contribution is -2.45. The van der Waals surface area contributed by atoms with Gasteiger partial charge in [0.25, 0.3) is 0 Å². The molecule has 9 heteroatoms. The zero-order valence-electron chi connectivity index (χ0n) is 16.7. The van der Waals surface area contributed by atoms with Gasteiger partial charge in [0.15, 0.2) is 0 Å². The number of ether oxygens (including phenoxy) is 2. The van der Waals surface area contributed by atoms with Crippen LogP contribution in [0.1, 0.15) is 11.6 Å². The van der Waals surface area contributed by atoms with E-state index in [0.717, 1.165) is 5.56 Å². The number of halogens is 1. The highest BCUT2D eigenvalue weighted by Gasteiger charge is 2.24. The van der Waals surface area contributed by atoms with Gasteiger partial charge in [0.2, 0.25) is 0 Å². The van der Waals surface area contributed by atoms with Crippen LogP contribution in [-0.2, 0) is 14.3 Å². The Morgan fingerprint density at radius 3 is 2.53 bits per heavy atom. The summed E-state index contributed by atoms with van der Waals surface area (Å²) in [5.41, 5.74) is 7.42. The molecule has 30 heavy (non-hydrogen) atoms. The van der Waals surface area contributed by atoms with Gasteiger partial charge in [0, 0.05) is 31.4 Å². The summed E-state index contributed by atoms with van der Waals surface area (Å²) in [6, 6.07) is 10.6. The van der Waals surface area contributed by atoms with Crippen LogP contribution in [0.2, 0.25) is 0 Å². The summed E-state index contributed by atoms with van der Waals surface area (Å²) >= 11 is 0. The van der Waals surface area contributed by atoms with Crippen molar-refractivity contribution in [1.82, 2.24) is 10.2 Å². The van der Waals surface area contributed by atoms with Gasteiger partial charge in [-0.25, -0.2) is 4.39 Å². The molecule has 0 aromatic heterocycles. The van der Waals surface area contributed by atoms with Crippen LogP contribution in [0.15, 0.2) is 42.5 Å². The average Bonchev–Trinajstić information content (AvgIpc) is 2.77. The molecule has 0 radical (unpaired) electrons. The maximum Gasteiger partial charge on any atom is 0.313 e. The molecule has 0 bridgehead atoms. The number of hydrogen-bond donors (Lipinski definition) is 3. The van der Waals surface area contributed by atoms with E-state index in [1.165, 1.54) is 25.3 Å². The van der Waals surface area contributed by atoms with Crippen molar-refractivity contribution < 1.29 is 23.5 Å². The lowest BCUT2D eigenvalue weighted by molar-refractivity contribution is -0.136. The highest BCUT2D eigenvalue weighted by molar-refractivity contribution is 6.39. The van der Waals surface area contributed by atoms with Crippen LogP contribution in [0, 0.1) is 5.82 Å². The Labute approximate surface area is 174 Å². The van der Waals surface area contributed by atoms with Crippen LogP contribution >= 0.6 is 0 Å². The summed E-state index contributed by atoms with van der Waals surface area (Å²) < 4.78 is 23.8. The topological polar surface area (TPSA) is 106 Å². The molecule has 2 aromatic rings. The number of nitrogens with zero attached hydrogens (tertiary/aromatic N) is 1. The maximum atomic E-state index is 13.3. The Balaban J connectivity index is 1.64. The number of benzene rings is 2. The number of nitrogen functional groups attached to an aromatic ring is 1. The first-order valence-electron chi connectivity index (χ1n) is 9.58. The van der Waals surface area contributed by atoms with Crippen LogP contribution < -0.4 is 21.1 Å². The maximum absolute atomic E-state index is 13.3. The quantitative estimate of drug-likeness (QED) is 0.487. The second-order valence-corrected chi connectivity index (χ2v) is 6.84. The second-order valence-electron chi connectivity index (χ2n) is 6.84. The molecule has 3 rings (SSSR count). The number of carbonyl (C=O) groups excluding carboxylic acids is 2. The molecule has 2 aromatic carbocycles. The molecule has 160 valence electrons. The standard InChI is InChI=1S/C21H25FN4O4/c1-29-19-12-16(6-7-17(19)23)25-21(28)20(27)24-13-18(26-8-10-30-11-9-26)14-2-4-15(22)5-3-14/h2-7,12,18H,8-11,13,23H2,1H3,(H,24,27)(H,25,28). The van der Waals surface area contributed by atoms with Gasteiger partial charge in [-0.2, -0.15) is 0 Å². The molecule has 1 heterocycles. The molecule has 2 amide bonds. The zero-order valence-corrected chi connectivity index (χ0v) is 16.7. The minimum Gasteiger partial charge on any atom is -0.495 e. The minimum atomic E-state index is -0.804. The molecular weight excluding hydrogens is 391 g/mol. The molecule has 1 aliphatic rings. The largest absolute Gasteiger partial charge is 0.495 e. The van der Waals surface area contributed by atoms with Gasteiger partial charge in [-0.15, -0.1) is 0 Å². The first-order chi connectivity index (χ1) is 14.5. The number of carbonyl (C=O) groups is 2. The third-order valence-corrected chi connectivity index (χ3v) is 4.89. The second kappa shape index (κ2) is 10.0. The van der Waals surface area contributed by atoms with E-state index in [1.807, 2.05) is 0 Å². The predicted octanol–water partition coefficient (Wildman–Crippen LogP) is 1.54. The fourth-order valence-electron chi connectivity index (χ4n) is 3.28. The zero-order chi connectivity index (χ0) is 21.5. The summed E-state index contributed by atoms with van der Waals surface area (Å²) in [4.78, 5) is 26.8. The van der Waals surface area contributed by atoms with Crippen molar-refractivity contribution in [3.05, 3.63) is 53.8 Å². The van der Waals surface area contributed by atoms with E-state index >= 15 is 0 Å². The third-order valence-electron chi connectivity index (χ3n) is 4.89. The molecule has 1 saturated heterocycles. The molecule has 8 nitrogen and oxygen atoms in total. The molecule has 1 unspecified atom stereocenters. The molecule has 0 spiro atoms. The number of nitrogens with two attached hydrogens (primary N) is 1. The van der Waals surface area contributed by atoms with Crippen molar-refractivity contribution in [3.63, 3.8) is 0 Å². The number of methoxy groups -OCH3 is 1. The van der Waals surface area contributed by atoms with Gasteiger partial charge in [-0.05, 0) is 29.8 Å². The Morgan fingerprint density at radius 1 is 1.17 bits per heavy atom. The highest BCUT2D eigenvalue weighted by Crippen LogP contribution is 2.25. The number of nitrogens with one attached hydrogen (secondary N) is 2. The average molecular weight is 416 g/mol. The fraction of sp³-hybridized carbons (Fsp3) is 0.333. The third kappa shape index (κ3) is 5.46. The van der Waals surface area contributed by atoms with Crippen molar-refractivity contribution in [1.29, 1.82) is 0 Å². The van der Waals surface area contributed by atoms with E-state index in [-0.39, 0.29) is 18.4 Å². The number of hydrogen-bond acceptors (Lipinski definition) is 6. The van der Waals surface area contributed by atoms with Gasteiger partial charge >= 0.3 is 11.8 Å². The predicted molar refractivity (Wildman–Crippen MR) is 111 cm³/mol. The molecule has 1 atom stereocenters. The van der Waals surface area contributed by atoms with Gasteiger partial charge < -0.3 is 25.8 Å². The number of morpholine rings is 1. The van der Waals surface area contributed by atoms with E-state index < -0.39 is 11.8 Å². The van der Waals surface area contributed by atoms with E-state index in [0.29, 0.717) is 43.4 Å². The Bertz CT molecular complexity index is 885. The van der Waals surface area contributed by atoms with Crippen molar-refractivity contribution in [2.45, 2.75) is 6.04 Å². The highest BCUT2D eigenvalue weighted by atomic mass is 19.1. The molecule has 4 N–H and O–H groups in total. The van der Waals surface area contributed by atoms with Crippen molar-refractivity contribution in [3.8, 4) is 5.75 Å². The monoisotopic (exact) mass is 416 g/mol. The van der Waals surface area contributed by atoms with E-state index in [2.05, 4.69) is 15.5 Å².